The Balaban J connectivity index is 1.67. The third kappa shape index (κ3) is 2.59. The van der Waals surface area contributed by atoms with E-state index in [9.17, 15) is 9.18 Å². The van der Waals surface area contributed by atoms with Gasteiger partial charge in [-0.15, -0.1) is 0 Å². The van der Waals surface area contributed by atoms with Gasteiger partial charge in [-0.1, -0.05) is 24.3 Å². The van der Waals surface area contributed by atoms with Crippen molar-refractivity contribution in [3.05, 3.63) is 59.0 Å². The van der Waals surface area contributed by atoms with Crippen molar-refractivity contribution in [3.8, 4) is 0 Å². The second-order valence-corrected chi connectivity index (χ2v) is 5.11. The number of fused-ring (bicyclic) bond motifs is 1. The molecule has 1 unspecified atom stereocenters. The molecule has 2 N–H and O–H groups in total. The number of nitrogens with zero attached hydrogens (tertiary/aromatic N) is 1. The Morgan fingerprint density at radius 1 is 1.43 bits per heavy atom. The number of rotatable bonds is 4. The van der Waals surface area contributed by atoms with E-state index >= 15 is 0 Å². The quantitative estimate of drug-likeness (QED) is 0.906. The molecule has 108 valence electrons. The van der Waals surface area contributed by atoms with Gasteiger partial charge in [-0.05, 0) is 23.6 Å². The topological polar surface area (TPSA) is 54.0 Å². The van der Waals surface area contributed by atoms with Crippen LogP contribution < -0.4 is 10.6 Å². The summed E-state index contributed by atoms with van der Waals surface area (Å²) < 4.78 is 13.2. The van der Waals surface area contributed by atoms with Gasteiger partial charge in [0.1, 0.15) is 11.6 Å². The van der Waals surface area contributed by atoms with E-state index in [1.54, 1.807) is 7.05 Å². The second-order valence-electron chi connectivity index (χ2n) is 5.11. The molecule has 21 heavy (non-hydrogen) atoms. The third-order valence-electron chi connectivity index (χ3n) is 3.81. The highest BCUT2D eigenvalue weighted by molar-refractivity contribution is 5.98. The van der Waals surface area contributed by atoms with Crippen molar-refractivity contribution in [3.63, 3.8) is 0 Å². The Hall–Kier alpha value is -2.43. The minimum Gasteiger partial charge on any atom is -0.372 e. The van der Waals surface area contributed by atoms with Crippen LogP contribution in [0, 0.1) is 5.82 Å². The van der Waals surface area contributed by atoms with Crippen LogP contribution in [-0.4, -0.2) is 24.5 Å². The molecule has 1 aromatic heterocycles. The summed E-state index contributed by atoms with van der Waals surface area (Å²) in [7, 11) is 1.65. The van der Waals surface area contributed by atoms with E-state index in [0.717, 1.165) is 12.6 Å². The third-order valence-corrected chi connectivity index (χ3v) is 3.81. The summed E-state index contributed by atoms with van der Waals surface area (Å²) in [5.41, 5.74) is 2.84. The van der Waals surface area contributed by atoms with E-state index in [0.29, 0.717) is 18.3 Å². The van der Waals surface area contributed by atoms with Crippen molar-refractivity contribution in [2.75, 3.05) is 18.9 Å². The lowest BCUT2D eigenvalue weighted by atomic mass is 9.77. The molecule has 1 aliphatic carbocycles. The summed E-state index contributed by atoms with van der Waals surface area (Å²) in [5, 5.41) is 5.65. The number of aromatic nitrogens is 1. The van der Waals surface area contributed by atoms with Gasteiger partial charge < -0.3 is 10.6 Å². The van der Waals surface area contributed by atoms with E-state index in [-0.39, 0.29) is 11.5 Å². The molecule has 0 radical (unpaired) electrons. The first-order valence-electron chi connectivity index (χ1n) is 6.88. The molecule has 1 heterocycles. The molecule has 1 aliphatic rings. The number of nitrogens with one attached hydrogen (secondary N) is 2. The zero-order valence-corrected chi connectivity index (χ0v) is 11.7. The van der Waals surface area contributed by atoms with Crippen molar-refractivity contribution >= 4 is 11.7 Å². The highest BCUT2D eigenvalue weighted by Gasteiger charge is 2.26. The molecule has 0 bridgehead atoms. The first kappa shape index (κ1) is 13.5. The fraction of sp³-hybridized carbons (Fsp3) is 0.250. The molecule has 1 aromatic carbocycles. The van der Waals surface area contributed by atoms with Crippen molar-refractivity contribution in [2.24, 2.45) is 0 Å². The number of hydrogen-bond donors (Lipinski definition) is 2. The smallest absolute Gasteiger partial charge is 0.255 e. The Kier molecular flexibility index (Phi) is 3.56. The summed E-state index contributed by atoms with van der Waals surface area (Å²) in [6.07, 6.45) is 2.06. The number of anilines is 1. The van der Waals surface area contributed by atoms with Crippen LogP contribution in [0.5, 0.6) is 0 Å². The largest absolute Gasteiger partial charge is 0.372 e. The number of pyridine rings is 1. The Labute approximate surface area is 122 Å². The van der Waals surface area contributed by atoms with Crippen LogP contribution in [0.25, 0.3) is 0 Å². The summed E-state index contributed by atoms with van der Waals surface area (Å²) in [4.78, 5) is 16.0. The van der Waals surface area contributed by atoms with Crippen LogP contribution in [0.2, 0.25) is 0 Å². The van der Waals surface area contributed by atoms with Crippen molar-refractivity contribution < 1.29 is 9.18 Å². The number of amides is 1. The zero-order valence-electron chi connectivity index (χ0n) is 11.7. The van der Waals surface area contributed by atoms with E-state index in [1.165, 1.54) is 17.2 Å². The highest BCUT2D eigenvalue weighted by Crippen LogP contribution is 2.34. The SMILES string of the molecule is CNc1ncc(F)cc1C(=O)NCC1Cc2ccccc21. The van der Waals surface area contributed by atoms with Crippen LogP contribution in [0.4, 0.5) is 10.2 Å². The highest BCUT2D eigenvalue weighted by atomic mass is 19.1. The maximum Gasteiger partial charge on any atom is 0.255 e. The van der Waals surface area contributed by atoms with E-state index in [1.807, 2.05) is 12.1 Å². The predicted molar refractivity (Wildman–Crippen MR) is 79.0 cm³/mol. The summed E-state index contributed by atoms with van der Waals surface area (Å²) in [5.74, 6) is -0.114. The molecule has 0 saturated heterocycles. The van der Waals surface area contributed by atoms with Crippen molar-refractivity contribution in [1.82, 2.24) is 10.3 Å². The average molecular weight is 285 g/mol. The van der Waals surface area contributed by atoms with Gasteiger partial charge in [0.2, 0.25) is 0 Å². The zero-order chi connectivity index (χ0) is 14.8. The van der Waals surface area contributed by atoms with Gasteiger partial charge >= 0.3 is 0 Å². The maximum atomic E-state index is 13.2. The lowest BCUT2D eigenvalue weighted by molar-refractivity contribution is 0.0950. The first-order chi connectivity index (χ1) is 10.2. The van der Waals surface area contributed by atoms with Gasteiger partial charge in [0, 0.05) is 19.5 Å². The number of hydrogen-bond acceptors (Lipinski definition) is 3. The lowest BCUT2D eigenvalue weighted by Gasteiger charge is -2.30. The van der Waals surface area contributed by atoms with Gasteiger partial charge in [0.15, 0.2) is 0 Å². The summed E-state index contributed by atoms with van der Waals surface area (Å²) >= 11 is 0. The minimum absolute atomic E-state index is 0.227. The van der Waals surface area contributed by atoms with Crippen LogP contribution in [0.1, 0.15) is 27.4 Å². The molecule has 3 rings (SSSR count). The monoisotopic (exact) mass is 285 g/mol. The Morgan fingerprint density at radius 3 is 3.00 bits per heavy atom. The fourth-order valence-electron chi connectivity index (χ4n) is 2.67. The van der Waals surface area contributed by atoms with Gasteiger partial charge in [-0.2, -0.15) is 0 Å². The molecule has 0 aliphatic heterocycles. The second kappa shape index (κ2) is 5.52. The van der Waals surface area contributed by atoms with E-state index < -0.39 is 5.82 Å². The van der Waals surface area contributed by atoms with E-state index in [2.05, 4.69) is 27.8 Å². The number of carbonyl (C=O) groups excluding carboxylic acids is 1. The standard InChI is InChI=1S/C16H16FN3O/c1-18-15-14(7-12(17)9-19-15)16(21)20-8-11-6-10-4-2-3-5-13(10)11/h2-5,7,9,11H,6,8H2,1H3,(H,18,19)(H,20,21). The fourth-order valence-corrected chi connectivity index (χ4v) is 2.67. The summed E-state index contributed by atoms with van der Waals surface area (Å²) in [6.45, 7) is 0.551. The van der Waals surface area contributed by atoms with Crippen molar-refractivity contribution in [1.29, 1.82) is 0 Å². The van der Waals surface area contributed by atoms with Gasteiger partial charge in [-0.3, -0.25) is 4.79 Å². The number of benzene rings is 1. The minimum atomic E-state index is -0.520. The maximum absolute atomic E-state index is 13.2. The predicted octanol–water partition coefficient (Wildman–Crippen LogP) is 2.33. The number of carbonyl (C=O) groups is 1. The molecule has 0 spiro atoms. The molecular formula is C16H16FN3O. The van der Waals surface area contributed by atoms with Crippen LogP contribution in [-0.2, 0) is 6.42 Å². The average Bonchev–Trinajstić information content (AvgIpc) is 2.48. The van der Waals surface area contributed by atoms with Crippen LogP contribution in [0.15, 0.2) is 36.5 Å². The first-order valence-corrected chi connectivity index (χ1v) is 6.88. The van der Waals surface area contributed by atoms with Crippen molar-refractivity contribution in [2.45, 2.75) is 12.3 Å². The molecule has 1 atom stereocenters. The normalized spacial score (nSPS) is 15.8. The molecule has 0 saturated carbocycles. The van der Waals surface area contributed by atoms with Crippen LogP contribution >= 0.6 is 0 Å². The molecule has 0 fully saturated rings. The Bertz CT molecular complexity index is 687. The molecule has 2 aromatic rings. The van der Waals surface area contributed by atoms with Crippen LogP contribution in [0.3, 0.4) is 0 Å². The van der Waals surface area contributed by atoms with E-state index in [4.69, 9.17) is 0 Å². The number of halogens is 1. The Morgan fingerprint density at radius 2 is 2.24 bits per heavy atom. The molecular weight excluding hydrogens is 269 g/mol. The molecule has 4 nitrogen and oxygen atoms in total. The molecule has 5 heteroatoms. The molecule has 1 amide bonds. The van der Waals surface area contributed by atoms with Gasteiger partial charge in [0.25, 0.3) is 5.91 Å². The summed E-state index contributed by atoms with van der Waals surface area (Å²) in [6, 6.07) is 9.40. The van der Waals surface area contributed by atoms with Gasteiger partial charge in [0.05, 0.1) is 11.8 Å². The lowest BCUT2D eigenvalue weighted by Crippen LogP contribution is -2.33. The van der Waals surface area contributed by atoms with Gasteiger partial charge in [-0.25, -0.2) is 9.37 Å².